The maximum Gasteiger partial charge on any atom is 0.0251 e. The molecule has 2 N–H and O–H groups in total. The molecule has 21 heavy (non-hydrogen) atoms. The number of piperazine rings is 1. The Labute approximate surface area is 131 Å². The molecule has 0 aromatic rings. The van der Waals surface area contributed by atoms with Gasteiger partial charge in [-0.3, -0.25) is 4.90 Å². The van der Waals surface area contributed by atoms with Gasteiger partial charge in [0.15, 0.2) is 0 Å². The summed E-state index contributed by atoms with van der Waals surface area (Å²) < 4.78 is 0. The fourth-order valence-corrected chi connectivity index (χ4v) is 4.32. The molecular weight excluding hydrogens is 258 g/mol. The maximum absolute atomic E-state index is 6.49. The van der Waals surface area contributed by atoms with Crippen molar-refractivity contribution >= 4 is 0 Å². The summed E-state index contributed by atoms with van der Waals surface area (Å²) in [5.41, 5.74) is 6.92. The van der Waals surface area contributed by atoms with Gasteiger partial charge in [-0.2, -0.15) is 0 Å². The van der Waals surface area contributed by atoms with E-state index in [0.29, 0.717) is 17.5 Å². The first kappa shape index (κ1) is 15.8. The van der Waals surface area contributed by atoms with E-state index in [9.17, 15) is 0 Å². The summed E-state index contributed by atoms with van der Waals surface area (Å²) in [5.74, 6) is 1.87. The van der Waals surface area contributed by atoms with Gasteiger partial charge < -0.3 is 10.6 Å². The molecule has 1 saturated heterocycles. The summed E-state index contributed by atoms with van der Waals surface area (Å²) in [7, 11) is 0. The largest absolute Gasteiger partial charge is 0.326 e. The molecule has 0 radical (unpaired) electrons. The van der Waals surface area contributed by atoms with Crippen LogP contribution in [0.3, 0.4) is 0 Å². The highest BCUT2D eigenvalue weighted by molar-refractivity contribution is 4.94. The minimum absolute atomic E-state index is 0.401. The number of nitrogens with two attached hydrogens (primary N) is 1. The molecule has 3 heteroatoms. The lowest BCUT2D eigenvalue weighted by Gasteiger charge is -2.47. The molecule has 3 nitrogen and oxygen atoms in total. The van der Waals surface area contributed by atoms with Crippen molar-refractivity contribution in [2.45, 2.75) is 65.0 Å². The predicted octanol–water partition coefficient (Wildman–Crippen LogP) is 2.56. The van der Waals surface area contributed by atoms with Crippen LogP contribution in [-0.4, -0.2) is 54.6 Å². The Balaban J connectivity index is 1.52. The van der Waals surface area contributed by atoms with E-state index in [2.05, 4.69) is 30.6 Å². The molecule has 0 aromatic carbocycles. The van der Waals surface area contributed by atoms with Gasteiger partial charge in [0.25, 0.3) is 0 Å². The minimum atomic E-state index is 0.401. The molecule has 0 spiro atoms. The van der Waals surface area contributed by atoms with E-state index in [-0.39, 0.29) is 0 Å². The molecule has 2 saturated carbocycles. The van der Waals surface area contributed by atoms with Gasteiger partial charge in [0.1, 0.15) is 0 Å². The zero-order valence-electron chi connectivity index (χ0n) is 14.4. The molecule has 3 rings (SSSR count). The second-order valence-corrected chi connectivity index (χ2v) is 8.89. The van der Waals surface area contributed by atoms with Crippen LogP contribution in [-0.2, 0) is 0 Å². The van der Waals surface area contributed by atoms with Gasteiger partial charge in [-0.25, -0.2) is 0 Å². The van der Waals surface area contributed by atoms with Crippen molar-refractivity contribution in [3.63, 3.8) is 0 Å². The van der Waals surface area contributed by atoms with E-state index in [0.717, 1.165) is 11.8 Å². The molecule has 0 aromatic heterocycles. The average molecular weight is 293 g/mol. The lowest BCUT2D eigenvalue weighted by molar-refractivity contribution is 0.0339. The third-order valence-corrected chi connectivity index (χ3v) is 6.18. The minimum Gasteiger partial charge on any atom is -0.326 e. The van der Waals surface area contributed by atoms with Crippen LogP contribution >= 0.6 is 0 Å². The molecule has 1 heterocycles. The van der Waals surface area contributed by atoms with Crippen molar-refractivity contribution in [1.82, 2.24) is 9.80 Å². The van der Waals surface area contributed by atoms with E-state index in [4.69, 9.17) is 5.73 Å². The molecule has 3 unspecified atom stereocenters. The molecule has 1 aliphatic heterocycles. The van der Waals surface area contributed by atoms with Gasteiger partial charge in [0.2, 0.25) is 0 Å². The quantitative estimate of drug-likeness (QED) is 0.868. The van der Waals surface area contributed by atoms with Gasteiger partial charge >= 0.3 is 0 Å². The summed E-state index contributed by atoms with van der Waals surface area (Å²) in [6.07, 6.45) is 6.80. The molecule has 0 bridgehead atoms. The van der Waals surface area contributed by atoms with Gasteiger partial charge in [-0.15, -0.1) is 0 Å². The molecule has 122 valence electrons. The third-order valence-electron chi connectivity index (χ3n) is 6.18. The van der Waals surface area contributed by atoms with Crippen LogP contribution in [0.25, 0.3) is 0 Å². The van der Waals surface area contributed by atoms with Crippen LogP contribution in [0.1, 0.15) is 52.9 Å². The summed E-state index contributed by atoms with van der Waals surface area (Å²) in [5, 5.41) is 0. The number of nitrogens with zero attached hydrogens (tertiary/aromatic N) is 2. The monoisotopic (exact) mass is 293 g/mol. The summed E-state index contributed by atoms with van der Waals surface area (Å²) >= 11 is 0. The summed E-state index contributed by atoms with van der Waals surface area (Å²) in [6.45, 7) is 13.6. The Bertz CT molecular complexity index is 337. The van der Waals surface area contributed by atoms with Gasteiger partial charge in [-0.1, -0.05) is 20.8 Å². The van der Waals surface area contributed by atoms with Crippen LogP contribution in [0.5, 0.6) is 0 Å². The lowest BCUT2D eigenvalue weighted by atomic mass is 9.69. The van der Waals surface area contributed by atoms with Crippen LogP contribution in [0.2, 0.25) is 0 Å². The van der Waals surface area contributed by atoms with E-state index in [1.807, 2.05) is 0 Å². The molecule has 2 aliphatic carbocycles. The van der Waals surface area contributed by atoms with Crippen LogP contribution in [0, 0.1) is 17.3 Å². The Hall–Kier alpha value is -0.120. The highest BCUT2D eigenvalue weighted by Crippen LogP contribution is 2.39. The average Bonchev–Trinajstić information content (AvgIpc) is 3.23. The first-order chi connectivity index (χ1) is 9.93. The zero-order valence-corrected chi connectivity index (χ0v) is 14.4. The van der Waals surface area contributed by atoms with Crippen LogP contribution < -0.4 is 5.73 Å². The Morgan fingerprint density at radius 2 is 1.62 bits per heavy atom. The third kappa shape index (κ3) is 4.00. The number of rotatable bonds is 3. The summed E-state index contributed by atoms with van der Waals surface area (Å²) in [4.78, 5) is 5.40. The summed E-state index contributed by atoms with van der Waals surface area (Å²) in [6, 6.07) is 1.03. The zero-order chi connectivity index (χ0) is 15.0. The van der Waals surface area contributed by atoms with Crippen LogP contribution in [0.15, 0.2) is 0 Å². The highest BCUT2D eigenvalue weighted by atomic mass is 15.3. The Kier molecular flexibility index (Phi) is 4.63. The lowest BCUT2D eigenvalue weighted by Crippen LogP contribution is -2.58. The van der Waals surface area contributed by atoms with E-state index >= 15 is 0 Å². The van der Waals surface area contributed by atoms with Crippen molar-refractivity contribution in [3.8, 4) is 0 Å². The van der Waals surface area contributed by atoms with Crippen molar-refractivity contribution in [3.05, 3.63) is 0 Å². The fourth-order valence-electron chi connectivity index (χ4n) is 4.32. The van der Waals surface area contributed by atoms with Crippen molar-refractivity contribution in [1.29, 1.82) is 0 Å². The normalized spacial score (nSPS) is 36.9. The standard InChI is InChI=1S/C18H35N3/c1-18(2,3)15-6-7-16(19)17(12-15)21-10-8-20(9-11-21)13-14-4-5-14/h14-17H,4-13,19H2,1-3H3. The molecule has 3 atom stereocenters. The van der Waals surface area contributed by atoms with E-state index < -0.39 is 0 Å². The smallest absolute Gasteiger partial charge is 0.0251 e. The SMILES string of the molecule is CC(C)(C)C1CCC(N)C(N2CCN(CC3CC3)CC2)C1. The first-order valence-corrected chi connectivity index (χ1v) is 9.15. The predicted molar refractivity (Wildman–Crippen MR) is 89.3 cm³/mol. The molecule has 0 amide bonds. The van der Waals surface area contributed by atoms with E-state index in [1.165, 1.54) is 64.8 Å². The fraction of sp³-hybridized carbons (Fsp3) is 1.00. The first-order valence-electron chi connectivity index (χ1n) is 9.15. The van der Waals surface area contributed by atoms with Crippen molar-refractivity contribution in [2.24, 2.45) is 23.0 Å². The second kappa shape index (κ2) is 6.17. The van der Waals surface area contributed by atoms with Crippen molar-refractivity contribution in [2.75, 3.05) is 32.7 Å². The van der Waals surface area contributed by atoms with E-state index in [1.54, 1.807) is 0 Å². The topological polar surface area (TPSA) is 32.5 Å². The van der Waals surface area contributed by atoms with Crippen LogP contribution in [0.4, 0.5) is 0 Å². The van der Waals surface area contributed by atoms with Gasteiger partial charge in [-0.05, 0) is 49.4 Å². The maximum atomic E-state index is 6.49. The molecule has 3 aliphatic rings. The van der Waals surface area contributed by atoms with Crippen molar-refractivity contribution < 1.29 is 0 Å². The Morgan fingerprint density at radius 3 is 2.19 bits per heavy atom. The van der Waals surface area contributed by atoms with Gasteiger partial charge in [0.05, 0.1) is 0 Å². The van der Waals surface area contributed by atoms with Gasteiger partial charge in [0, 0.05) is 44.8 Å². The number of hydrogen-bond acceptors (Lipinski definition) is 3. The second-order valence-electron chi connectivity index (χ2n) is 8.89. The molecule has 3 fully saturated rings. The number of hydrogen-bond donors (Lipinski definition) is 1. The Morgan fingerprint density at radius 1 is 0.952 bits per heavy atom. The highest BCUT2D eigenvalue weighted by Gasteiger charge is 2.38. The molecular formula is C18H35N3.